The van der Waals surface area contributed by atoms with Gasteiger partial charge in [-0.25, -0.2) is 0 Å². The molecule has 1 amide bonds. The van der Waals surface area contributed by atoms with E-state index in [0.717, 1.165) is 43.9 Å². The molecule has 158 valence electrons. The minimum Gasteiger partial charge on any atom is -0.379 e. The second-order valence-corrected chi connectivity index (χ2v) is 6.52. The van der Waals surface area contributed by atoms with Gasteiger partial charge in [-0.3, -0.25) is 9.79 Å². The lowest BCUT2D eigenvalue weighted by Gasteiger charge is -2.13. The molecule has 1 saturated heterocycles. The Kier molecular flexibility index (Phi) is 12.8. The largest absolute Gasteiger partial charge is 0.379 e. The standard InChI is InChI=1S/C20H32N4O3.HI/c1-3-9-22-19(25)17-7-4-6-16(13-17)14-24-20(21-2)23-10-5-11-27-18-8-12-26-15-18;/h4,6-7,13,18H,3,5,8-12,14-15H2,1-2H3,(H,22,25)(H2,21,23,24);1H. The number of benzene rings is 1. The Morgan fingerprint density at radius 3 is 2.86 bits per heavy atom. The van der Waals surface area contributed by atoms with Crippen molar-refractivity contribution in [1.82, 2.24) is 16.0 Å². The lowest BCUT2D eigenvalue weighted by atomic mass is 10.1. The van der Waals surface area contributed by atoms with Crippen LogP contribution in [0.5, 0.6) is 0 Å². The van der Waals surface area contributed by atoms with Gasteiger partial charge < -0.3 is 25.4 Å². The number of ether oxygens (including phenoxy) is 2. The van der Waals surface area contributed by atoms with Crippen molar-refractivity contribution in [2.75, 3.05) is 40.0 Å². The molecule has 0 saturated carbocycles. The summed E-state index contributed by atoms with van der Waals surface area (Å²) in [7, 11) is 1.75. The van der Waals surface area contributed by atoms with E-state index in [1.807, 2.05) is 31.2 Å². The van der Waals surface area contributed by atoms with Crippen molar-refractivity contribution < 1.29 is 14.3 Å². The van der Waals surface area contributed by atoms with Crippen molar-refractivity contribution in [2.45, 2.75) is 38.8 Å². The molecule has 1 heterocycles. The highest BCUT2D eigenvalue weighted by Crippen LogP contribution is 2.08. The van der Waals surface area contributed by atoms with Gasteiger partial charge in [-0.05, 0) is 37.0 Å². The van der Waals surface area contributed by atoms with E-state index in [1.165, 1.54) is 0 Å². The molecule has 0 aliphatic carbocycles. The zero-order chi connectivity index (χ0) is 19.3. The first kappa shape index (κ1) is 24.6. The van der Waals surface area contributed by atoms with Crippen molar-refractivity contribution in [3.63, 3.8) is 0 Å². The molecule has 1 atom stereocenters. The molecule has 0 radical (unpaired) electrons. The molecule has 0 spiro atoms. The lowest BCUT2D eigenvalue weighted by molar-refractivity contribution is 0.0420. The summed E-state index contributed by atoms with van der Waals surface area (Å²) in [5.41, 5.74) is 1.71. The quantitative estimate of drug-likeness (QED) is 0.197. The predicted molar refractivity (Wildman–Crippen MR) is 122 cm³/mol. The van der Waals surface area contributed by atoms with Crippen LogP contribution in [0.3, 0.4) is 0 Å². The monoisotopic (exact) mass is 504 g/mol. The van der Waals surface area contributed by atoms with Crippen molar-refractivity contribution >= 4 is 35.8 Å². The first-order valence-corrected chi connectivity index (χ1v) is 9.74. The van der Waals surface area contributed by atoms with Crippen LogP contribution >= 0.6 is 24.0 Å². The number of nitrogens with zero attached hydrogens (tertiary/aromatic N) is 1. The molecule has 28 heavy (non-hydrogen) atoms. The molecule has 0 bridgehead atoms. The normalized spacial score (nSPS) is 16.4. The van der Waals surface area contributed by atoms with E-state index in [4.69, 9.17) is 9.47 Å². The number of carbonyl (C=O) groups is 1. The molecule has 3 N–H and O–H groups in total. The summed E-state index contributed by atoms with van der Waals surface area (Å²) in [5.74, 6) is 0.703. The van der Waals surface area contributed by atoms with Crippen LogP contribution in [0, 0.1) is 0 Å². The van der Waals surface area contributed by atoms with E-state index in [1.54, 1.807) is 7.05 Å². The maximum absolute atomic E-state index is 12.1. The Balaban J connectivity index is 0.00000392. The van der Waals surface area contributed by atoms with Gasteiger partial charge in [0.1, 0.15) is 0 Å². The number of nitrogens with one attached hydrogen (secondary N) is 3. The average Bonchev–Trinajstić information content (AvgIpc) is 3.22. The van der Waals surface area contributed by atoms with Crippen LogP contribution in [0.4, 0.5) is 0 Å². The second kappa shape index (κ2) is 14.6. The third-order valence-corrected chi connectivity index (χ3v) is 4.26. The maximum Gasteiger partial charge on any atom is 0.251 e. The van der Waals surface area contributed by atoms with Crippen LogP contribution in [-0.4, -0.2) is 57.9 Å². The molecule has 1 aliphatic rings. The zero-order valence-electron chi connectivity index (χ0n) is 16.8. The van der Waals surface area contributed by atoms with Gasteiger partial charge in [0.2, 0.25) is 0 Å². The topological polar surface area (TPSA) is 84.0 Å². The van der Waals surface area contributed by atoms with Crippen LogP contribution in [0.2, 0.25) is 0 Å². The number of amides is 1. The first-order chi connectivity index (χ1) is 13.2. The number of hydrogen-bond acceptors (Lipinski definition) is 4. The molecular formula is C20H33IN4O3. The Morgan fingerprint density at radius 2 is 2.14 bits per heavy atom. The van der Waals surface area contributed by atoms with E-state index in [0.29, 0.717) is 31.9 Å². The molecule has 1 fully saturated rings. The van der Waals surface area contributed by atoms with Crippen molar-refractivity contribution in [3.8, 4) is 0 Å². The van der Waals surface area contributed by atoms with Gasteiger partial charge >= 0.3 is 0 Å². The fourth-order valence-electron chi connectivity index (χ4n) is 2.74. The number of hydrogen-bond donors (Lipinski definition) is 3. The van der Waals surface area contributed by atoms with E-state index >= 15 is 0 Å². The fourth-order valence-corrected chi connectivity index (χ4v) is 2.74. The summed E-state index contributed by atoms with van der Waals surface area (Å²) in [4.78, 5) is 16.3. The van der Waals surface area contributed by atoms with Crippen LogP contribution in [-0.2, 0) is 16.0 Å². The molecular weight excluding hydrogens is 471 g/mol. The molecule has 1 aromatic rings. The molecule has 8 heteroatoms. The highest BCUT2D eigenvalue weighted by atomic mass is 127. The number of aliphatic imine (C=N–C) groups is 1. The van der Waals surface area contributed by atoms with Gasteiger partial charge in [0.15, 0.2) is 5.96 Å². The minimum atomic E-state index is -0.0335. The molecule has 1 aliphatic heterocycles. The summed E-state index contributed by atoms with van der Waals surface area (Å²) in [5, 5.41) is 9.45. The highest BCUT2D eigenvalue weighted by Gasteiger charge is 2.15. The van der Waals surface area contributed by atoms with E-state index < -0.39 is 0 Å². The van der Waals surface area contributed by atoms with E-state index in [-0.39, 0.29) is 36.0 Å². The number of guanidine groups is 1. The number of rotatable bonds is 10. The number of carbonyl (C=O) groups excluding carboxylic acids is 1. The third kappa shape index (κ3) is 9.20. The zero-order valence-corrected chi connectivity index (χ0v) is 19.2. The molecule has 1 aromatic carbocycles. The van der Waals surface area contributed by atoms with E-state index in [9.17, 15) is 4.79 Å². The average molecular weight is 504 g/mol. The summed E-state index contributed by atoms with van der Waals surface area (Å²) in [6.45, 7) is 6.35. The van der Waals surface area contributed by atoms with Crippen molar-refractivity contribution in [1.29, 1.82) is 0 Å². The van der Waals surface area contributed by atoms with Crippen LogP contribution in [0.25, 0.3) is 0 Å². The van der Waals surface area contributed by atoms with Crippen LogP contribution in [0.1, 0.15) is 42.1 Å². The molecule has 0 aromatic heterocycles. The lowest BCUT2D eigenvalue weighted by Crippen LogP contribution is -2.37. The van der Waals surface area contributed by atoms with Gasteiger partial charge in [-0.1, -0.05) is 19.1 Å². The van der Waals surface area contributed by atoms with Crippen LogP contribution < -0.4 is 16.0 Å². The fraction of sp³-hybridized carbons (Fsp3) is 0.600. The van der Waals surface area contributed by atoms with Gasteiger partial charge in [-0.15, -0.1) is 24.0 Å². The first-order valence-electron chi connectivity index (χ1n) is 9.74. The molecule has 1 unspecified atom stereocenters. The van der Waals surface area contributed by atoms with Gasteiger partial charge in [0.05, 0.1) is 12.7 Å². The smallest absolute Gasteiger partial charge is 0.251 e. The summed E-state index contributed by atoms with van der Waals surface area (Å²) in [6, 6.07) is 7.63. The number of halogens is 1. The Morgan fingerprint density at radius 1 is 1.29 bits per heavy atom. The van der Waals surface area contributed by atoms with Crippen molar-refractivity contribution in [2.24, 2.45) is 4.99 Å². The van der Waals surface area contributed by atoms with Gasteiger partial charge in [0, 0.05) is 45.5 Å². The Hall–Kier alpha value is -1.39. The summed E-state index contributed by atoms with van der Waals surface area (Å²) in [6.07, 6.45) is 3.08. The van der Waals surface area contributed by atoms with Crippen LogP contribution in [0.15, 0.2) is 29.3 Å². The van der Waals surface area contributed by atoms with Gasteiger partial charge in [0.25, 0.3) is 5.91 Å². The summed E-state index contributed by atoms with van der Waals surface area (Å²) < 4.78 is 11.0. The SMILES string of the molecule is CCCNC(=O)c1cccc(CNC(=NC)NCCCOC2CCOC2)c1.I. The third-order valence-electron chi connectivity index (χ3n) is 4.26. The molecule has 7 nitrogen and oxygen atoms in total. The Labute approximate surface area is 185 Å². The van der Waals surface area contributed by atoms with Crippen molar-refractivity contribution in [3.05, 3.63) is 35.4 Å². The Bertz CT molecular complexity index is 607. The predicted octanol–water partition coefficient (Wildman–Crippen LogP) is 2.31. The minimum absolute atomic E-state index is 0. The maximum atomic E-state index is 12.1. The second-order valence-electron chi connectivity index (χ2n) is 6.52. The molecule has 2 rings (SSSR count). The highest BCUT2D eigenvalue weighted by molar-refractivity contribution is 14.0. The van der Waals surface area contributed by atoms with E-state index in [2.05, 4.69) is 20.9 Å². The summed E-state index contributed by atoms with van der Waals surface area (Å²) >= 11 is 0. The van der Waals surface area contributed by atoms with Gasteiger partial charge in [-0.2, -0.15) is 0 Å².